The van der Waals surface area contributed by atoms with Crippen LogP contribution in [0.4, 0.5) is 5.69 Å². The summed E-state index contributed by atoms with van der Waals surface area (Å²) < 4.78 is 26.0. The number of rotatable bonds is 4. The summed E-state index contributed by atoms with van der Waals surface area (Å²) >= 11 is 5.98. The molecule has 0 heterocycles. The molecule has 0 amide bonds. The van der Waals surface area contributed by atoms with Gasteiger partial charge in [0.2, 0.25) is 10.0 Å². The number of halogens is 1. The van der Waals surface area contributed by atoms with E-state index in [1.807, 2.05) is 0 Å². The van der Waals surface area contributed by atoms with Crippen LogP contribution in [0.5, 0.6) is 0 Å². The summed E-state index contributed by atoms with van der Waals surface area (Å²) in [5.74, 6) is 0. The lowest BCUT2D eigenvalue weighted by molar-refractivity contribution is 0.593. The summed E-state index contributed by atoms with van der Waals surface area (Å²) in [5.41, 5.74) is 1.08. The van der Waals surface area contributed by atoms with Crippen molar-refractivity contribution in [3.63, 3.8) is 0 Å². The Hall–Kier alpha value is -1.25. The van der Waals surface area contributed by atoms with Crippen molar-refractivity contribution in [3.05, 3.63) is 28.8 Å². The summed E-state index contributed by atoms with van der Waals surface area (Å²) in [7, 11) is -3.71. The predicted molar refractivity (Wildman–Crippen MR) is 68.4 cm³/mol. The highest BCUT2D eigenvalue weighted by molar-refractivity contribution is 7.93. The quantitative estimate of drug-likeness (QED) is 0.916. The monoisotopic (exact) mass is 272 g/mol. The average molecular weight is 273 g/mol. The number of benzene rings is 1. The number of hydrogen-bond acceptors (Lipinski definition) is 3. The second kappa shape index (κ2) is 5.39. The van der Waals surface area contributed by atoms with Gasteiger partial charge in [0.15, 0.2) is 5.25 Å². The minimum absolute atomic E-state index is 0.231. The third kappa shape index (κ3) is 3.11. The Kier molecular flexibility index (Phi) is 4.38. The van der Waals surface area contributed by atoms with Crippen LogP contribution in [-0.2, 0) is 10.0 Å². The normalized spacial score (nSPS) is 12.8. The van der Waals surface area contributed by atoms with E-state index in [-0.39, 0.29) is 6.42 Å². The molecule has 1 aromatic rings. The van der Waals surface area contributed by atoms with Crippen molar-refractivity contribution in [1.82, 2.24) is 0 Å². The Labute approximate surface area is 106 Å². The molecule has 4 nitrogen and oxygen atoms in total. The van der Waals surface area contributed by atoms with Crippen molar-refractivity contribution < 1.29 is 8.42 Å². The smallest absolute Gasteiger partial charge is 0.249 e. The van der Waals surface area contributed by atoms with Crippen molar-refractivity contribution in [2.45, 2.75) is 25.5 Å². The number of nitrogens with zero attached hydrogens (tertiary/aromatic N) is 1. The summed E-state index contributed by atoms with van der Waals surface area (Å²) in [5, 5.41) is 8.04. The number of hydrogen-bond donors (Lipinski definition) is 1. The van der Waals surface area contributed by atoms with Crippen LogP contribution in [0.1, 0.15) is 18.9 Å². The molecule has 92 valence electrons. The second-order valence-corrected chi connectivity index (χ2v) is 5.85. The van der Waals surface area contributed by atoms with Crippen molar-refractivity contribution in [3.8, 4) is 6.07 Å². The molecule has 0 aliphatic heterocycles. The van der Waals surface area contributed by atoms with E-state index in [4.69, 9.17) is 16.9 Å². The van der Waals surface area contributed by atoms with E-state index in [0.29, 0.717) is 10.7 Å². The van der Waals surface area contributed by atoms with E-state index < -0.39 is 15.3 Å². The molecule has 1 unspecified atom stereocenters. The Morgan fingerprint density at radius 2 is 2.18 bits per heavy atom. The molecule has 0 aliphatic carbocycles. The Morgan fingerprint density at radius 3 is 2.71 bits per heavy atom. The molecular formula is C11H13ClN2O2S. The molecular weight excluding hydrogens is 260 g/mol. The van der Waals surface area contributed by atoms with Gasteiger partial charge < -0.3 is 0 Å². The van der Waals surface area contributed by atoms with Gasteiger partial charge in [0.05, 0.1) is 16.8 Å². The molecule has 1 atom stereocenters. The minimum atomic E-state index is -3.71. The predicted octanol–water partition coefficient (Wildman–Crippen LogP) is 2.69. The third-order valence-corrected chi connectivity index (χ3v) is 4.53. The average Bonchev–Trinajstić information content (AvgIpc) is 2.26. The molecule has 0 saturated carbocycles. The van der Waals surface area contributed by atoms with Crippen LogP contribution in [0.15, 0.2) is 18.2 Å². The lowest BCUT2D eigenvalue weighted by Gasteiger charge is -2.13. The molecule has 0 spiro atoms. The lowest BCUT2D eigenvalue weighted by atomic mass is 10.2. The molecule has 1 rings (SSSR count). The van der Waals surface area contributed by atoms with Gasteiger partial charge in [-0.25, -0.2) is 8.42 Å². The zero-order valence-corrected chi connectivity index (χ0v) is 11.1. The molecule has 1 N–H and O–H groups in total. The van der Waals surface area contributed by atoms with Crippen molar-refractivity contribution in [1.29, 1.82) is 5.26 Å². The highest BCUT2D eigenvalue weighted by atomic mass is 35.5. The van der Waals surface area contributed by atoms with Gasteiger partial charge in [-0.05, 0) is 25.0 Å². The molecule has 17 heavy (non-hydrogen) atoms. The molecule has 0 saturated heterocycles. The number of anilines is 1. The van der Waals surface area contributed by atoms with Crippen LogP contribution in [-0.4, -0.2) is 13.7 Å². The fourth-order valence-electron chi connectivity index (χ4n) is 1.33. The summed E-state index contributed by atoms with van der Waals surface area (Å²) in [6.45, 7) is 3.42. The zero-order chi connectivity index (χ0) is 13.1. The summed E-state index contributed by atoms with van der Waals surface area (Å²) in [6.07, 6.45) is 0.231. The highest BCUT2D eigenvalue weighted by Gasteiger charge is 2.24. The minimum Gasteiger partial charge on any atom is -0.281 e. The standard InChI is InChI=1S/C11H13ClN2O2S/c1-3-9(7-13)17(15,16)14-10-6-4-5-8(2)11(10)12/h4-6,9,14H,3H2,1-2H3. The molecule has 0 aliphatic rings. The van der Waals surface area contributed by atoms with Crippen LogP contribution in [0.2, 0.25) is 5.02 Å². The first-order valence-corrected chi connectivity index (χ1v) is 7.01. The maximum Gasteiger partial charge on any atom is 0.249 e. The first-order chi connectivity index (χ1) is 7.92. The molecule has 1 aromatic carbocycles. The largest absolute Gasteiger partial charge is 0.281 e. The Morgan fingerprint density at radius 1 is 1.53 bits per heavy atom. The van der Waals surface area contributed by atoms with Crippen LogP contribution in [0, 0.1) is 18.3 Å². The number of nitrogens with one attached hydrogen (secondary N) is 1. The zero-order valence-electron chi connectivity index (χ0n) is 9.57. The van der Waals surface area contributed by atoms with Gasteiger partial charge in [-0.3, -0.25) is 4.72 Å². The van der Waals surface area contributed by atoms with Gasteiger partial charge in [-0.15, -0.1) is 0 Å². The number of aryl methyl sites for hydroxylation is 1. The van der Waals surface area contributed by atoms with Gasteiger partial charge in [0, 0.05) is 0 Å². The number of sulfonamides is 1. The fourth-order valence-corrected chi connectivity index (χ4v) is 2.76. The van der Waals surface area contributed by atoms with E-state index in [1.54, 1.807) is 38.1 Å². The molecule has 0 fully saturated rings. The SMILES string of the molecule is CCC(C#N)S(=O)(=O)Nc1cccc(C)c1Cl. The van der Waals surface area contributed by atoms with Gasteiger partial charge in [-0.1, -0.05) is 30.7 Å². The maximum atomic E-state index is 11.8. The van der Waals surface area contributed by atoms with Crippen molar-refractivity contribution >= 4 is 27.3 Å². The Bertz CT molecular complexity index is 549. The van der Waals surface area contributed by atoms with Crippen molar-refractivity contribution in [2.75, 3.05) is 4.72 Å². The molecule has 0 radical (unpaired) electrons. The second-order valence-electron chi connectivity index (χ2n) is 3.61. The molecule has 6 heteroatoms. The topological polar surface area (TPSA) is 70.0 Å². The molecule has 0 bridgehead atoms. The van der Waals surface area contributed by atoms with Crippen LogP contribution in [0.25, 0.3) is 0 Å². The van der Waals surface area contributed by atoms with E-state index >= 15 is 0 Å². The van der Waals surface area contributed by atoms with Crippen LogP contribution >= 0.6 is 11.6 Å². The van der Waals surface area contributed by atoms with Crippen LogP contribution < -0.4 is 4.72 Å². The van der Waals surface area contributed by atoms with E-state index in [0.717, 1.165) is 5.56 Å². The number of nitriles is 1. The van der Waals surface area contributed by atoms with E-state index in [9.17, 15) is 8.42 Å². The van der Waals surface area contributed by atoms with Crippen molar-refractivity contribution in [2.24, 2.45) is 0 Å². The van der Waals surface area contributed by atoms with Gasteiger partial charge in [0.25, 0.3) is 0 Å². The summed E-state index contributed by atoms with van der Waals surface area (Å²) in [6, 6.07) is 6.80. The van der Waals surface area contributed by atoms with Gasteiger partial charge in [0.1, 0.15) is 0 Å². The highest BCUT2D eigenvalue weighted by Crippen LogP contribution is 2.26. The van der Waals surface area contributed by atoms with E-state index in [1.165, 1.54) is 0 Å². The van der Waals surface area contributed by atoms with E-state index in [2.05, 4.69) is 4.72 Å². The maximum absolute atomic E-state index is 11.8. The first-order valence-electron chi connectivity index (χ1n) is 5.08. The van der Waals surface area contributed by atoms with Crippen LogP contribution in [0.3, 0.4) is 0 Å². The van der Waals surface area contributed by atoms with Gasteiger partial charge >= 0.3 is 0 Å². The summed E-state index contributed by atoms with van der Waals surface area (Å²) in [4.78, 5) is 0. The lowest BCUT2D eigenvalue weighted by Crippen LogP contribution is -2.26. The fraction of sp³-hybridized carbons (Fsp3) is 0.364. The molecule has 0 aromatic heterocycles. The first kappa shape index (κ1) is 13.8. The van der Waals surface area contributed by atoms with Gasteiger partial charge in [-0.2, -0.15) is 5.26 Å². The Balaban J connectivity index is 3.07. The third-order valence-electron chi connectivity index (χ3n) is 2.33.